The number of rotatable bonds is 4. The largest absolute Gasteiger partial charge is 0.369 e. The highest BCUT2D eigenvalue weighted by Gasteiger charge is 2.10. The average Bonchev–Trinajstić information content (AvgIpc) is 2.40. The Balaban J connectivity index is 2.44. The van der Waals surface area contributed by atoms with Crippen LogP contribution in [-0.4, -0.2) is 16.5 Å². The molecule has 3 nitrogen and oxygen atoms in total. The summed E-state index contributed by atoms with van der Waals surface area (Å²) in [7, 11) is 0. The van der Waals surface area contributed by atoms with Crippen molar-refractivity contribution in [3.05, 3.63) is 39.3 Å². The monoisotopic (exact) mass is 371 g/mol. The van der Waals surface area contributed by atoms with Crippen molar-refractivity contribution >= 4 is 28.4 Å². The first-order valence-electron chi connectivity index (χ1n) is 6.15. The Bertz CT molecular complexity index is 587. The quantitative estimate of drug-likeness (QED) is 0.826. The first kappa shape index (κ1) is 14.2. The van der Waals surface area contributed by atoms with Gasteiger partial charge in [0.1, 0.15) is 11.6 Å². The maximum atomic E-state index is 13.3. The summed E-state index contributed by atoms with van der Waals surface area (Å²) >= 11 is 2.23. The van der Waals surface area contributed by atoms with E-state index in [-0.39, 0.29) is 5.82 Å². The van der Waals surface area contributed by atoms with Gasteiger partial charge < -0.3 is 5.32 Å². The van der Waals surface area contributed by atoms with Crippen molar-refractivity contribution in [3.63, 3.8) is 0 Å². The van der Waals surface area contributed by atoms with E-state index in [1.165, 1.54) is 12.1 Å². The number of anilines is 1. The Morgan fingerprint density at radius 1 is 1.32 bits per heavy atom. The van der Waals surface area contributed by atoms with Gasteiger partial charge in [-0.1, -0.05) is 19.1 Å². The van der Waals surface area contributed by atoms with Gasteiger partial charge in [-0.25, -0.2) is 14.4 Å². The van der Waals surface area contributed by atoms with E-state index < -0.39 is 0 Å². The topological polar surface area (TPSA) is 37.8 Å². The van der Waals surface area contributed by atoms with E-state index in [2.05, 4.69) is 44.8 Å². The SMILES string of the molecule is CCCNc1nc(-c2cccc(F)c2)nc(C)c1I. The lowest BCUT2D eigenvalue weighted by molar-refractivity contribution is 0.628. The molecule has 2 aromatic rings. The maximum absolute atomic E-state index is 13.3. The zero-order chi connectivity index (χ0) is 13.8. The predicted octanol–water partition coefficient (Wildman–Crippen LogP) is 4.02. The van der Waals surface area contributed by atoms with Crippen LogP contribution in [0.1, 0.15) is 19.0 Å². The van der Waals surface area contributed by atoms with Crippen LogP contribution in [0.2, 0.25) is 0 Å². The number of nitrogens with zero attached hydrogens (tertiary/aromatic N) is 2. The highest BCUT2D eigenvalue weighted by Crippen LogP contribution is 2.24. The Morgan fingerprint density at radius 3 is 2.79 bits per heavy atom. The van der Waals surface area contributed by atoms with Crippen molar-refractivity contribution in [2.75, 3.05) is 11.9 Å². The van der Waals surface area contributed by atoms with Crippen molar-refractivity contribution in [1.82, 2.24) is 9.97 Å². The summed E-state index contributed by atoms with van der Waals surface area (Å²) in [5, 5.41) is 3.28. The van der Waals surface area contributed by atoms with Crippen LogP contribution in [0.15, 0.2) is 24.3 Å². The Morgan fingerprint density at radius 2 is 2.11 bits per heavy atom. The molecule has 0 aliphatic carbocycles. The molecule has 0 atom stereocenters. The van der Waals surface area contributed by atoms with Crippen molar-refractivity contribution in [1.29, 1.82) is 0 Å². The highest BCUT2D eigenvalue weighted by molar-refractivity contribution is 14.1. The first-order valence-corrected chi connectivity index (χ1v) is 7.23. The van der Waals surface area contributed by atoms with E-state index >= 15 is 0 Å². The molecule has 0 bridgehead atoms. The Kier molecular flexibility index (Phi) is 4.68. The molecule has 0 aliphatic heterocycles. The van der Waals surface area contributed by atoms with E-state index in [1.54, 1.807) is 6.07 Å². The van der Waals surface area contributed by atoms with E-state index in [0.717, 1.165) is 28.0 Å². The van der Waals surface area contributed by atoms with Crippen LogP contribution in [0, 0.1) is 16.3 Å². The number of halogens is 2. The van der Waals surface area contributed by atoms with Gasteiger partial charge in [0.05, 0.1) is 9.26 Å². The number of aryl methyl sites for hydroxylation is 1. The molecule has 0 unspecified atom stereocenters. The minimum atomic E-state index is -0.277. The van der Waals surface area contributed by atoms with E-state index in [9.17, 15) is 4.39 Å². The molecular weight excluding hydrogens is 356 g/mol. The summed E-state index contributed by atoms with van der Waals surface area (Å²) in [5.74, 6) is 1.09. The van der Waals surface area contributed by atoms with E-state index in [4.69, 9.17) is 0 Å². The van der Waals surface area contributed by atoms with E-state index in [0.29, 0.717) is 11.4 Å². The molecule has 2 rings (SSSR count). The molecule has 100 valence electrons. The molecule has 0 saturated heterocycles. The van der Waals surface area contributed by atoms with Gasteiger partial charge >= 0.3 is 0 Å². The summed E-state index contributed by atoms with van der Waals surface area (Å²) < 4.78 is 14.3. The maximum Gasteiger partial charge on any atom is 0.161 e. The molecule has 1 N–H and O–H groups in total. The lowest BCUT2D eigenvalue weighted by Gasteiger charge is -2.10. The third-order valence-corrected chi connectivity index (χ3v) is 3.93. The third-order valence-electron chi connectivity index (χ3n) is 2.64. The molecule has 0 aliphatic rings. The molecule has 0 amide bonds. The van der Waals surface area contributed by atoms with Gasteiger partial charge in [-0.15, -0.1) is 0 Å². The number of benzene rings is 1. The van der Waals surface area contributed by atoms with Crippen LogP contribution >= 0.6 is 22.6 Å². The van der Waals surface area contributed by atoms with Gasteiger partial charge in [0, 0.05) is 12.1 Å². The van der Waals surface area contributed by atoms with Crippen LogP contribution in [0.25, 0.3) is 11.4 Å². The molecular formula is C14H15FIN3. The normalized spacial score (nSPS) is 10.5. The second-order valence-electron chi connectivity index (χ2n) is 4.23. The van der Waals surface area contributed by atoms with Crippen LogP contribution in [-0.2, 0) is 0 Å². The summed E-state index contributed by atoms with van der Waals surface area (Å²) in [6.45, 7) is 4.89. The fraction of sp³-hybridized carbons (Fsp3) is 0.286. The number of nitrogens with one attached hydrogen (secondary N) is 1. The summed E-state index contributed by atoms with van der Waals surface area (Å²) in [6, 6.07) is 6.35. The minimum Gasteiger partial charge on any atom is -0.369 e. The fourth-order valence-electron chi connectivity index (χ4n) is 1.68. The van der Waals surface area contributed by atoms with Crippen LogP contribution < -0.4 is 5.32 Å². The Labute approximate surface area is 125 Å². The van der Waals surface area contributed by atoms with Gasteiger partial charge in [-0.3, -0.25) is 0 Å². The number of hydrogen-bond acceptors (Lipinski definition) is 3. The van der Waals surface area contributed by atoms with Gasteiger partial charge in [0.15, 0.2) is 5.82 Å². The summed E-state index contributed by atoms with van der Waals surface area (Å²) in [6.07, 6.45) is 1.02. The number of aromatic nitrogens is 2. The zero-order valence-electron chi connectivity index (χ0n) is 10.9. The van der Waals surface area contributed by atoms with E-state index in [1.807, 2.05) is 13.0 Å². The molecule has 1 heterocycles. The van der Waals surface area contributed by atoms with Crippen molar-refractivity contribution < 1.29 is 4.39 Å². The zero-order valence-corrected chi connectivity index (χ0v) is 13.0. The van der Waals surface area contributed by atoms with Crippen LogP contribution in [0.3, 0.4) is 0 Å². The first-order chi connectivity index (χ1) is 9.11. The Hall–Kier alpha value is -1.24. The molecule has 0 spiro atoms. The second kappa shape index (κ2) is 6.27. The minimum absolute atomic E-state index is 0.277. The molecule has 1 aromatic heterocycles. The third kappa shape index (κ3) is 3.40. The van der Waals surface area contributed by atoms with Gasteiger partial charge in [0.2, 0.25) is 0 Å². The molecule has 1 aromatic carbocycles. The number of hydrogen-bond donors (Lipinski definition) is 1. The lowest BCUT2D eigenvalue weighted by Crippen LogP contribution is -2.07. The average molecular weight is 371 g/mol. The second-order valence-corrected chi connectivity index (χ2v) is 5.31. The van der Waals surface area contributed by atoms with Crippen molar-refractivity contribution in [2.45, 2.75) is 20.3 Å². The van der Waals surface area contributed by atoms with Gasteiger partial charge in [-0.05, 0) is 48.1 Å². The van der Waals surface area contributed by atoms with Gasteiger partial charge in [0.25, 0.3) is 0 Å². The fourth-order valence-corrected chi connectivity index (χ4v) is 2.11. The summed E-state index contributed by atoms with van der Waals surface area (Å²) in [5.41, 5.74) is 1.59. The standard InChI is InChI=1S/C14H15FIN3/c1-3-7-17-14-12(16)9(2)18-13(19-14)10-5-4-6-11(15)8-10/h4-6,8H,3,7H2,1-2H3,(H,17,18,19). The molecule has 5 heteroatoms. The highest BCUT2D eigenvalue weighted by atomic mass is 127. The predicted molar refractivity (Wildman–Crippen MR) is 83.7 cm³/mol. The lowest BCUT2D eigenvalue weighted by atomic mass is 10.2. The van der Waals surface area contributed by atoms with Gasteiger partial charge in [-0.2, -0.15) is 0 Å². The molecule has 0 saturated carbocycles. The summed E-state index contributed by atoms with van der Waals surface area (Å²) in [4.78, 5) is 8.91. The van der Waals surface area contributed by atoms with Crippen molar-refractivity contribution in [2.24, 2.45) is 0 Å². The smallest absolute Gasteiger partial charge is 0.161 e. The molecule has 0 radical (unpaired) electrons. The van der Waals surface area contributed by atoms with Crippen molar-refractivity contribution in [3.8, 4) is 11.4 Å². The molecule has 0 fully saturated rings. The van der Waals surface area contributed by atoms with Crippen LogP contribution in [0.4, 0.5) is 10.2 Å². The van der Waals surface area contributed by atoms with Crippen LogP contribution in [0.5, 0.6) is 0 Å². The molecule has 19 heavy (non-hydrogen) atoms.